The maximum atomic E-state index is 12.0. The first-order valence-electron chi connectivity index (χ1n) is 7.61. The minimum absolute atomic E-state index is 0.0232. The summed E-state index contributed by atoms with van der Waals surface area (Å²) in [6.07, 6.45) is 0.292. The van der Waals surface area contributed by atoms with Crippen molar-refractivity contribution in [3.05, 3.63) is 39.8 Å². The maximum absolute atomic E-state index is 12.0. The van der Waals surface area contributed by atoms with Crippen molar-refractivity contribution >= 4 is 44.9 Å². The second-order valence-corrected chi connectivity index (χ2v) is 8.93. The Morgan fingerprint density at radius 3 is 2.96 bits per heavy atom. The van der Waals surface area contributed by atoms with E-state index in [1.807, 2.05) is 29.6 Å². The zero-order chi connectivity index (χ0) is 17.6. The van der Waals surface area contributed by atoms with Gasteiger partial charge in [0.2, 0.25) is 5.91 Å². The highest BCUT2D eigenvalue weighted by Gasteiger charge is 2.12. The third kappa shape index (κ3) is 6.93. The molecule has 0 aliphatic rings. The van der Waals surface area contributed by atoms with E-state index in [1.165, 1.54) is 0 Å². The fourth-order valence-electron chi connectivity index (χ4n) is 1.95. The average molecular weight is 429 g/mol. The van der Waals surface area contributed by atoms with Crippen LogP contribution in [0.4, 0.5) is 0 Å². The van der Waals surface area contributed by atoms with Crippen LogP contribution < -0.4 is 5.32 Å². The van der Waals surface area contributed by atoms with Gasteiger partial charge in [-0.3, -0.25) is 4.79 Å². The number of benzene rings is 1. The van der Waals surface area contributed by atoms with Crippen molar-refractivity contribution in [2.75, 3.05) is 18.1 Å². The summed E-state index contributed by atoms with van der Waals surface area (Å²) >= 11 is 6.63. The molecule has 0 radical (unpaired) electrons. The number of nitrogens with one attached hydrogen (secondary N) is 1. The van der Waals surface area contributed by atoms with Gasteiger partial charge in [-0.15, -0.1) is 11.3 Å². The second-order valence-electron chi connectivity index (χ2n) is 6.05. The van der Waals surface area contributed by atoms with E-state index in [0.29, 0.717) is 18.7 Å². The smallest absolute Gasteiger partial charge is 0.226 e. The Labute approximate surface area is 159 Å². The monoisotopic (exact) mass is 428 g/mol. The molecule has 0 spiro atoms. The molecule has 0 fully saturated rings. The van der Waals surface area contributed by atoms with Gasteiger partial charge in [0.05, 0.1) is 17.7 Å². The Morgan fingerprint density at radius 1 is 1.46 bits per heavy atom. The van der Waals surface area contributed by atoms with Crippen LogP contribution in [0.5, 0.6) is 0 Å². The lowest BCUT2D eigenvalue weighted by Crippen LogP contribution is -2.28. The molecule has 0 aliphatic carbocycles. The quantitative estimate of drug-likeness (QED) is 0.628. The summed E-state index contributed by atoms with van der Waals surface area (Å²) in [6.45, 7) is 4.16. The van der Waals surface area contributed by atoms with Crippen LogP contribution in [0.2, 0.25) is 0 Å². The molecule has 2 aromatic rings. The van der Waals surface area contributed by atoms with Crippen LogP contribution in [0.25, 0.3) is 10.6 Å². The number of halogens is 1. The molecule has 130 valence electrons. The molecule has 1 amide bonds. The minimum atomic E-state index is -0.669. The van der Waals surface area contributed by atoms with E-state index < -0.39 is 5.60 Å². The van der Waals surface area contributed by atoms with Crippen molar-refractivity contribution in [2.45, 2.75) is 25.9 Å². The predicted molar refractivity (Wildman–Crippen MR) is 106 cm³/mol. The number of aromatic nitrogens is 1. The topological polar surface area (TPSA) is 62.2 Å². The van der Waals surface area contributed by atoms with E-state index in [4.69, 9.17) is 0 Å². The van der Waals surface area contributed by atoms with Crippen molar-refractivity contribution in [1.82, 2.24) is 10.3 Å². The van der Waals surface area contributed by atoms with Gasteiger partial charge in [-0.1, -0.05) is 28.1 Å². The molecule has 0 bridgehead atoms. The van der Waals surface area contributed by atoms with E-state index in [2.05, 4.69) is 26.2 Å². The summed E-state index contributed by atoms with van der Waals surface area (Å²) in [5.41, 5.74) is 1.17. The summed E-state index contributed by atoms with van der Waals surface area (Å²) in [6, 6.07) is 7.97. The van der Waals surface area contributed by atoms with Crippen LogP contribution >= 0.6 is 39.0 Å². The summed E-state index contributed by atoms with van der Waals surface area (Å²) < 4.78 is 1.01. The summed E-state index contributed by atoms with van der Waals surface area (Å²) in [5.74, 6) is 1.42. The van der Waals surface area contributed by atoms with Gasteiger partial charge >= 0.3 is 0 Å². The van der Waals surface area contributed by atoms with E-state index in [-0.39, 0.29) is 5.91 Å². The van der Waals surface area contributed by atoms with Crippen LogP contribution in [0.1, 0.15) is 19.5 Å². The first-order chi connectivity index (χ1) is 11.3. The van der Waals surface area contributed by atoms with Crippen molar-refractivity contribution in [2.24, 2.45) is 0 Å². The largest absolute Gasteiger partial charge is 0.390 e. The van der Waals surface area contributed by atoms with E-state index in [0.717, 1.165) is 26.5 Å². The highest BCUT2D eigenvalue weighted by molar-refractivity contribution is 9.10. The number of hydrogen-bond acceptors (Lipinski definition) is 5. The van der Waals surface area contributed by atoms with Crippen molar-refractivity contribution < 1.29 is 9.90 Å². The van der Waals surface area contributed by atoms with Crippen molar-refractivity contribution in [1.29, 1.82) is 0 Å². The molecule has 2 rings (SSSR count). The lowest BCUT2D eigenvalue weighted by atomic mass is 10.2. The van der Waals surface area contributed by atoms with Gasteiger partial charge in [0.1, 0.15) is 5.01 Å². The van der Waals surface area contributed by atoms with Crippen molar-refractivity contribution in [3.8, 4) is 10.6 Å². The minimum Gasteiger partial charge on any atom is -0.390 e. The molecule has 0 saturated heterocycles. The van der Waals surface area contributed by atoms with Gasteiger partial charge in [0, 0.05) is 33.5 Å². The molecule has 0 aliphatic heterocycles. The van der Waals surface area contributed by atoms with E-state index >= 15 is 0 Å². The second kappa shape index (κ2) is 8.99. The van der Waals surface area contributed by atoms with Crippen LogP contribution in [0.3, 0.4) is 0 Å². The van der Waals surface area contributed by atoms with Crippen molar-refractivity contribution in [3.63, 3.8) is 0 Å². The predicted octanol–water partition coefficient (Wildman–Crippen LogP) is 3.74. The Hall–Kier alpha value is -0.890. The highest BCUT2D eigenvalue weighted by Crippen LogP contribution is 2.26. The summed E-state index contributed by atoms with van der Waals surface area (Å²) in [5, 5.41) is 15.4. The third-order valence-electron chi connectivity index (χ3n) is 2.99. The number of thioether (sulfide) groups is 1. The van der Waals surface area contributed by atoms with Crippen LogP contribution in [-0.4, -0.2) is 39.6 Å². The molecule has 1 aromatic carbocycles. The van der Waals surface area contributed by atoms with Crippen LogP contribution in [-0.2, 0) is 11.2 Å². The zero-order valence-electron chi connectivity index (χ0n) is 13.7. The van der Waals surface area contributed by atoms with Gasteiger partial charge in [-0.2, -0.15) is 11.8 Å². The van der Waals surface area contributed by atoms with Crippen LogP contribution in [0, 0.1) is 0 Å². The number of carbonyl (C=O) groups is 1. The molecule has 0 saturated carbocycles. The van der Waals surface area contributed by atoms with Gasteiger partial charge < -0.3 is 10.4 Å². The molecule has 24 heavy (non-hydrogen) atoms. The maximum Gasteiger partial charge on any atom is 0.226 e. The number of hydrogen-bond donors (Lipinski definition) is 2. The number of rotatable bonds is 8. The lowest BCUT2D eigenvalue weighted by Gasteiger charge is -2.15. The Balaban J connectivity index is 1.77. The Kier molecular flexibility index (Phi) is 7.28. The molecule has 4 nitrogen and oxygen atoms in total. The molecule has 1 heterocycles. The number of nitrogens with zero attached hydrogens (tertiary/aromatic N) is 1. The highest BCUT2D eigenvalue weighted by atomic mass is 79.9. The molecular formula is C17H21BrN2O2S2. The zero-order valence-corrected chi connectivity index (χ0v) is 16.9. The van der Waals surface area contributed by atoms with E-state index in [9.17, 15) is 9.90 Å². The molecule has 2 N–H and O–H groups in total. The number of aliphatic hydroxyl groups is 1. The summed E-state index contributed by atoms with van der Waals surface area (Å²) in [7, 11) is 0. The summed E-state index contributed by atoms with van der Waals surface area (Å²) in [4.78, 5) is 16.5. The van der Waals surface area contributed by atoms with Gasteiger partial charge in [-0.25, -0.2) is 4.98 Å². The number of carbonyl (C=O) groups excluding carboxylic acids is 1. The molecular weight excluding hydrogens is 408 g/mol. The Bertz CT molecular complexity index is 683. The number of amides is 1. The standard InChI is InChI=1S/C17H21BrN2O2S2/c1-17(2,22)11-23-7-6-19-15(21)9-14-10-24-16(20-14)12-4-3-5-13(18)8-12/h3-5,8,10,22H,6-7,9,11H2,1-2H3,(H,19,21). The SMILES string of the molecule is CC(C)(O)CSCCNC(=O)Cc1csc(-c2cccc(Br)c2)n1. The average Bonchev–Trinajstić information content (AvgIpc) is 2.94. The molecule has 1 aromatic heterocycles. The lowest BCUT2D eigenvalue weighted by molar-refractivity contribution is -0.120. The fraction of sp³-hybridized carbons (Fsp3) is 0.412. The number of thiazole rings is 1. The normalized spacial score (nSPS) is 11.5. The molecule has 7 heteroatoms. The Morgan fingerprint density at radius 2 is 2.25 bits per heavy atom. The molecule has 0 unspecified atom stereocenters. The molecule has 0 atom stereocenters. The fourth-order valence-corrected chi connectivity index (χ4v) is 4.06. The van der Waals surface area contributed by atoms with Crippen LogP contribution in [0.15, 0.2) is 34.1 Å². The van der Waals surface area contributed by atoms with E-state index in [1.54, 1.807) is 36.9 Å². The first kappa shape index (κ1) is 19.4. The first-order valence-corrected chi connectivity index (χ1v) is 10.4. The van der Waals surface area contributed by atoms with Gasteiger partial charge in [-0.05, 0) is 26.0 Å². The van der Waals surface area contributed by atoms with Gasteiger partial charge in [0.15, 0.2) is 0 Å². The third-order valence-corrected chi connectivity index (χ3v) is 5.83. The van der Waals surface area contributed by atoms with Gasteiger partial charge in [0.25, 0.3) is 0 Å².